The highest BCUT2D eigenvalue weighted by atomic mass is 32.2. The maximum absolute atomic E-state index is 4.87. The average Bonchev–Trinajstić information content (AvgIpc) is 3.38. The summed E-state index contributed by atoms with van der Waals surface area (Å²) in [5, 5.41) is 13.7. The molecule has 168 valence electrons. The minimum atomic E-state index is 0.508. The molecule has 4 aliphatic carbocycles. The van der Waals surface area contributed by atoms with E-state index in [1.165, 1.54) is 55.5 Å². The molecule has 4 fully saturated rings. The number of thioether (sulfide) groups is 1. The van der Waals surface area contributed by atoms with Crippen molar-refractivity contribution in [3.63, 3.8) is 0 Å². The molecule has 0 unspecified atom stereocenters. The Morgan fingerprint density at radius 1 is 1.03 bits per heavy atom. The average molecular weight is 465 g/mol. The first-order valence-electron chi connectivity index (χ1n) is 12.2. The van der Waals surface area contributed by atoms with E-state index >= 15 is 0 Å². The van der Waals surface area contributed by atoms with E-state index in [0.717, 1.165) is 52.3 Å². The van der Waals surface area contributed by atoms with Gasteiger partial charge in [-0.05, 0) is 75.5 Å². The zero-order chi connectivity index (χ0) is 21.7. The molecule has 6 heteroatoms. The van der Waals surface area contributed by atoms with Gasteiger partial charge in [0.2, 0.25) is 0 Å². The zero-order valence-electron chi connectivity index (χ0n) is 19.1. The minimum absolute atomic E-state index is 0.508. The van der Waals surface area contributed by atoms with E-state index in [2.05, 4.69) is 53.2 Å². The molecule has 0 atom stereocenters. The molecule has 4 nitrogen and oxygen atoms in total. The number of thiazole rings is 1. The lowest BCUT2D eigenvalue weighted by molar-refractivity contribution is -0.0536. The second kappa shape index (κ2) is 8.28. The minimum Gasteiger partial charge on any atom is -0.306 e. The molecule has 0 spiro atoms. The number of nitrogens with zero attached hydrogens (tertiary/aromatic N) is 4. The summed E-state index contributed by atoms with van der Waals surface area (Å²) in [5.74, 6) is 5.02. The van der Waals surface area contributed by atoms with Crippen molar-refractivity contribution in [3.05, 3.63) is 46.7 Å². The number of hydrogen-bond donors (Lipinski definition) is 0. The molecule has 2 aromatic heterocycles. The SMILES string of the molecule is CCn1c(CC23CC4CC(CC(C4)C2)C3)nnc1SCc1csc(-c2ccc(C)cc2)n1. The van der Waals surface area contributed by atoms with Crippen molar-refractivity contribution >= 4 is 23.1 Å². The first kappa shape index (κ1) is 20.9. The molecule has 0 radical (unpaired) electrons. The Kier molecular flexibility index (Phi) is 5.41. The Labute approximate surface area is 199 Å². The summed E-state index contributed by atoms with van der Waals surface area (Å²) >= 11 is 3.51. The summed E-state index contributed by atoms with van der Waals surface area (Å²) in [6, 6.07) is 8.63. The molecule has 0 amide bonds. The van der Waals surface area contributed by atoms with E-state index in [1.807, 2.05) is 0 Å². The van der Waals surface area contributed by atoms with E-state index in [4.69, 9.17) is 10.1 Å². The zero-order valence-corrected chi connectivity index (χ0v) is 20.7. The first-order chi connectivity index (χ1) is 15.6. The number of benzene rings is 1. The summed E-state index contributed by atoms with van der Waals surface area (Å²) in [7, 11) is 0. The Hall–Kier alpha value is -1.66. The molecule has 1 aromatic carbocycles. The third-order valence-electron chi connectivity index (χ3n) is 8.01. The van der Waals surface area contributed by atoms with Gasteiger partial charge in [0.05, 0.1) is 5.69 Å². The van der Waals surface area contributed by atoms with Crippen LogP contribution in [0.1, 0.15) is 62.5 Å². The fraction of sp³-hybridized carbons (Fsp3) is 0.577. The van der Waals surface area contributed by atoms with Gasteiger partial charge in [0, 0.05) is 29.7 Å². The number of aromatic nitrogens is 4. The molecule has 2 heterocycles. The van der Waals surface area contributed by atoms with Crippen molar-refractivity contribution < 1.29 is 0 Å². The smallest absolute Gasteiger partial charge is 0.191 e. The van der Waals surface area contributed by atoms with E-state index < -0.39 is 0 Å². The fourth-order valence-corrected chi connectivity index (χ4v) is 8.90. The van der Waals surface area contributed by atoms with Gasteiger partial charge in [-0.25, -0.2) is 4.98 Å². The summed E-state index contributed by atoms with van der Waals surface area (Å²) in [5.41, 5.74) is 4.12. The second-order valence-electron chi connectivity index (χ2n) is 10.5. The summed E-state index contributed by atoms with van der Waals surface area (Å²) in [6.45, 7) is 5.30. The lowest BCUT2D eigenvalue weighted by atomic mass is 9.49. The van der Waals surface area contributed by atoms with Gasteiger partial charge in [-0.2, -0.15) is 0 Å². The summed E-state index contributed by atoms with van der Waals surface area (Å²) in [6.07, 6.45) is 9.92. The van der Waals surface area contributed by atoms with E-state index in [-0.39, 0.29) is 0 Å². The largest absolute Gasteiger partial charge is 0.306 e. The van der Waals surface area contributed by atoms with Crippen LogP contribution in [0, 0.1) is 30.1 Å². The van der Waals surface area contributed by atoms with Gasteiger partial charge in [-0.15, -0.1) is 21.5 Å². The number of aryl methyl sites for hydroxylation is 1. The van der Waals surface area contributed by atoms with Crippen LogP contribution >= 0.6 is 23.1 Å². The van der Waals surface area contributed by atoms with Gasteiger partial charge >= 0.3 is 0 Å². The van der Waals surface area contributed by atoms with Gasteiger partial charge in [-0.1, -0.05) is 41.6 Å². The third kappa shape index (κ3) is 3.94. The third-order valence-corrected chi connectivity index (χ3v) is 9.95. The van der Waals surface area contributed by atoms with Crippen molar-refractivity contribution in [1.82, 2.24) is 19.7 Å². The predicted octanol–water partition coefficient (Wildman–Crippen LogP) is 6.78. The van der Waals surface area contributed by atoms with Gasteiger partial charge in [-0.3, -0.25) is 0 Å². The normalized spacial score (nSPS) is 28.5. The number of hydrogen-bond acceptors (Lipinski definition) is 5. The van der Waals surface area contributed by atoms with Crippen molar-refractivity contribution in [2.45, 2.75) is 76.2 Å². The van der Waals surface area contributed by atoms with Crippen LogP contribution in [0.3, 0.4) is 0 Å². The lowest BCUT2D eigenvalue weighted by Gasteiger charge is -2.56. The molecule has 0 N–H and O–H groups in total. The fourth-order valence-electron chi connectivity index (χ4n) is 7.06. The molecule has 7 rings (SSSR count). The highest BCUT2D eigenvalue weighted by Gasteiger charge is 2.51. The molecule has 4 aliphatic rings. The van der Waals surface area contributed by atoms with Crippen molar-refractivity contribution in [3.8, 4) is 10.6 Å². The maximum atomic E-state index is 4.87. The quantitative estimate of drug-likeness (QED) is 0.361. The van der Waals surface area contributed by atoms with Crippen LogP contribution in [0.2, 0.25) is 0 Å². The van der Waals surface area contributed by atoms with E-state index in [0.29, 0.717) is 5.41 Å². The molecule has 32 heavy (non-hydrogen) atoms. The van der Waals surface area contributed by atoms with Gasteiger partial charge in [0.15, 0.2) is 5.16 Å². The topological polar surface area (TPSA) is 43.6 Å². The Morgan fingerprint density at radius 2 is 1.72 bits per heavy atom. The summed E-state index contributed by atoms with van der Waals surface area (Å²) in [4.78, 5) is 4.87. The highest BCUT2D eigenvalue weighted by molar-refractivity contribution is 7.98. The maximum Gasteiger partial charge on any atom is 0.191 e. The molecule has 0 saturated heterocycles. The van der Waals surface area contributed by atoms with Crippen LogP contribution in [0.15, 0.2) is 34.8 Å². The molecular formula is C26H32N4S2. The van der Waals surface area contributed by atoms with Crippen LogP contribution < -0.4 is 0 Å². The molecule has 0 aliphatic heterocycles. The Bertz CT molecular complexity index is 1060. The lowest BCUT2D eigenvalue weighted by Crippen LogP contribution is -2.47. The van der Waals surface area contributed by atoms with Crippen LogP contribution in [0.4, 0.5) is 0 Å². The van der Waals surface area contributed by atoms with Crippen LogP contribution in [0.5, 0.6) is 0 Å². The van der Waals surface area contributed by atoms with Crippen LogP contribution in [-0.2, 0) is 18.7 Å². The van der Waals surface area contributed by atoms with Crippen molar-refractivity contribution in [1.29, 1.82) is 0 Å². The Morgan fingerprint density at radius 3 is 2.38 bits per heavy atom. The van der Waals surface area contributed by atoms with Gasteiger partial charge in [0.1, 0.15) is 10.8 Å². The van der Waals surface area contributed by atoms with Crippen LogP contribution in [0.25, 0.3) is 10.6 Å². The first-order valence-corrected chi connectivity index (χ1v) is 14.0. The number of rotatable bonds is 7. The molecule has 4 saturated carbocycles. The second-order valence-corrected chi connectivity index (χ2v) is 12.3. The van der Waals surface area contributed by atoms with Crippen molar-refractivity contribution in [2.75, 3.05) is 0 Å². The highest BCUT2D eigenvalue weighted by Crippen LogP contribution is 2.61. The predicted molar refractivity (Wildman–Crippen MR) is 132 cm³/mol. The van der Waals surface area contributed by atoms with Crippen LogP contribution in [-0.4, -0.2) is 19.7 Å². The van der Waals surface area contributed by atoms with E-state index in [9.17, 15) is 0 Å². The Balaban J connectivity index is 1.15. The summed E-state index contributed by atoms with van der Waals surface area (Å²) < 4.78 is 2.37. The molecule has 4 bridgehead atoms. The molecule has 3 aromatic rings. The monoisotopic (exact) mass is 464 g/mol. The standard InChI is InChI=1S/C26H32N4S2/c1-3-30-23(14-26-11-18-8-19(12-26)10-20(9-18)13-26)28-29-25(30)32-16-22-15-31-24(27-22)21-6-4-17(2)5-7-21/h4-7,15,18-20H,3,8-14,16H2,1-2H3. The van der Waals surface area contributed by atoms with Gasteiger partial charge < -0.3 is 4.57 Å². The van der Waals surface area contributed by atoms with Gasteiger partial charge in [0.25, 0.3) is 0 Å². The van der Waals surface area contributed by atoms with Crippen molar-refractivity contribution in [2.24, 2.45) is 23.2 Å². The van der Waals surface area contributed by atoms with E-state index in [1.54, 1.807) is 23.1 Å². The molecular weight excluding hydrogens is 432 g/mol.